The number of anilines is 1. The highest BCUT2D eigenvalue weighted by atomic mass is 35.5. The van der Waals surface area contributed by atoms with Crippen molar-refractivity contribution in [3.05, 3.63) is 40.2 Å². The number of rotatable bonds is 10. The lowest BCUT2D eigenvalue weighted by Gasteiger charge is -2.37. The monoisotopic (exact) mass is 570 g/mol. The van der Waals surface area contributed by atoms with Crippen LogP contribution >= 0.6 is 11.6 Å². The van der Waals surface area contributed by atoms with Gasteiger partial charge >= 0.3 is 6.18 Å². The van der Waals surface area contributed by atoms with Crippen LogP contribution in [0.5, 0.6) is 5.75 Å². The highest BCUT2D eigenvalue weighted by molar-refractivity contribution is 6.33. The number of ketones is 1. The lowest BCUT2D eigenvalue weighted by Crippen LogP contribution is -2.48. The summed E-state index contributed by atoms with van der Waals surface area (Å²) < 4.78 is 45.1. The molecular weight excluding hydrogens is 537 g/mol. The number of benzene rings is 1. The van der Waals surface area contributed by atoms with Gasteiger partial charge in [-0.2, -0.15) is 13.2 Å². The molecule has 1 aliphatic rings. The van der Waals surface area contributed by atoms with Crippen molar-refractivity contribution in [2.75, 3.05) is 51.4 Å². The number of ether oxygens (including phenoxy) is 1. The van der Waals surface area contributed by atoms with Gasteiger partial charge in [-0.3, -0.25) is 9.69 Å². The Balaban J connectivity index is 2.12. The van der Waals surface area contributed by atoms with Gasteiger partial charge in [-0.25, -0.2) is 9.97 Å². The van der Waals surface area contributed by atoms with Gasteiger partial charge in [-0.1, -0.05) is 11.6 Å². The number of nitrogens with two attached hydrogens (primary N) is 1. The Morgan fingerprint density at radius 3 is 2.62 bits per heavy atom. The van der Waals surface area contributed by atoms with E-state index in [0.717, 1.165) is 0 Å². The zero-order valence-electron chi connectivity index (χ0n) is 22.4. The largest absolute Gasteiger partial charge is 0.491 e. The summed E-state index contributed by atoms with van der Waals surface area (Å²) in [6.45, 7) is 4.76. The third-order valence-corrected chi connectivity index (χ3v) is 6.47. The average molecular weight is 571 g/mol. The van der Waals surface area contributed by atoms with E-state index >= 15 is 0 Å². The van der Waals surface area contributed by atoms with Crippen LogP contribution in [0.2, 0.25) is 5.02 Å². The smallest absolute Gasteiger partial charge is 0.401 e. The van der Waals surface area contributed by atoms with Gasteiger partial charge in [0.05, 0.1) is 29.5 Å². The first-order chi connectivity index (χ1) is 18.3. The first-order valence-corrected chi connectivity index (χ1v) is 12.8. The van der Waals surface area contributed by atoms with Gasteiger partial charge in [0.1, 0.15) is 24.3 Å². The molecule has 2 heterocycles. The molecule has 1 aromatic heterocycles. The minimum Gasteiger partial charge on any atom is -0.491 e. The molecule has 9 nitrogen and oxygen atoms in total. The van der Waals surface area contributed by atoms with Gasteiger partial charge in [0.2, 0.25) is 0 Å². The molecular formula is C26H34ClF3N6O3. The molecule has 0 bridgehead atoms. The third-order valence-electron chi connectivity index (χ3n) is 6.14. The van der Waals surface area contributed by atoms with Gasteiger partial charge < -0.3 is 25.8 Å². The Hall–Kier alpha value is -2.93. The van der Waals surface area contributed by atoms with Crippen LogP contribution in [-0.2, 0) is 4.79 Å². The molecule has 3 rings (SSSR count). The number of halogens is 4. The minimum absolute atomic E-state index is 0.00277. The summed E-state index contributed by atoms with van der Waals surface area (Å²) in [5.74, 6) is 0.634. The molecule has 214 valence electrons. The Kier molecular flexibility index (Phi) is 10.2. The van der Waals surface area contributed by atoms with Gasteiger partial charge in [-0.15, -0.1) is 0 Å². The van der Waals surface area contributed by atoms with Crippen molar-refractivity contribution >= 4 is 28.8 Å². The standard InChI is InChI=1S/C26H34ClF3N6O3/c1-15-23(22(16(2)31)17(3)37)33-24(20-10-19(6-7-21(20)27)39-12-18(38)11-32-4)34-25(15)36-9-5-8-35(14-36)13-26(28,29)30/h6-7,10,18,32,38H,5,8-9,11-14,31H2,1-4H3/t18-/m1/s1. The van der Waals surface area contributed by atoms with Crippen LogP contribution < -0.4 is 20.7 Å². The fourth-order valence-electron chi connectivity index (χ4n) is 4.48. The summed E-state index contributed by atoms with van der Waals surface area (Å²) in [4.78, 5) is 25.0. The van der Waals surface area contributed by atoms with Crippen LogP contribution in [0.15, 0.2) is 23.9 Å². The molecule has 1 atom stereocenters. The SMILES string of the molecule is CNC[C@@H](O)COc1ccc(Cl)c(-c2nc(C(C(C)=O)=C(C)N)c(C)c(N3CCCN(CC(F)(F)F)C3)n2)c1. The van der Waals surface area contributed by atoms with Crippen molar-refractivity contribution in [3.8, 4) is 17.1 Å². The number of hydrogen-bond donors (Lipinski definition) is 3. The number of nitrogens with one attached hydrogen (secondary N) is 1. The van der Waals surface area contributed by atoms with E-state index in [4.69, 9.17) is 27.1 Å². The molecule has 0 radical (unpaired) electrons. The molecule has 1 aromatic carbocycles. The number of allylic oxidation sites excluding steroid dienone is 2. The lowest BCUT2D eigenvalue weighted by molar-refractivity contribution is -0.147. The Morgan fingerprint density at radius 1 is 1.28 bits per heavy atom. The fourth-order valence-corrected chi connectivity index (χ4v) is 4.69. The van der Waals surface area contributed by atoms with E-state index in [2.05, 4.69) is 10.3 Å². The molecule has 4 N–H and O–H groups in total. The summed E-state index contributed by atoms with van der Waals surface area (Å²) in [6, 6.07) is 4.85. The van der Waals surface area contributed by atoms with E-state index in [9.17, 15) is 23.1 Å². The highest BCUT2D eigenvalue weighted by Crippen LogP contribution is 2.35. The molecule has 13 heteroatoms. The molecule has 0 aliphatic carbocycles. The number of likely N-dealkylation sites (N-methyl/N-ethyl adjacent to an activating group) is 1. The zero-order chi connectivity index (χ0) is 28.9. The van der Waals surface area contributed by atoms with E-state index < -0.39 is 18.8 Å². The molecule has 0 amide bonds. The van der Waals surface area contributed by atoms with Crippen LogP contribution in [0.25, 0.3) is 17.0 Å². The molecule has 39 heavy (non-hydrogen) atoms. The summed E-state index contributed by atoms with van der Waals surface area (Å²) in [5.41, 5.74) is 7.70. The average Bonchev–Trinajstić information content (AvgIpc) is 2.83. The number of carbonyl (C=O) groups excluding carboxylic acids is 1. The Labute approximate surface area is 230 Å². The number of carbonyl (C=O) groups is 1. The predicted octanol–water partition coefficient (Wildman–Crippen LogP) is 3.38. The molecule has 0 unspecified atom stereocenters. The molecule has 1 saturated heterocycles. The summed E-state index contributed by atoms with van der Waals surface area (Å²) in [5, 5.41) is 13.1. The van der Waals surface area contributed by atoms with Crippen LogP contribution in [0.3, 0.4) is 0 Å². The van der Waals surface area contributed by atoms with Crippen molar-refractivity contribution in [1.29, 1.82) is 0 Å². The minimum atomic E-state index is -4.34. The first kappa shape index (κ1) is 30.6. The predicted molar refractivity (Wildman–Crippen MR) is 145 cm³/mol. The first-order valence-electron chi connectivity index (χ1n) is 12.5. The summed E-state index contributed by atoms with van der Waals surface area (Å²) in [6.07, 6.45) is -4.58. The van der Waals surface area contributed by atoms with Crippen LogP contribution in [0.4, 0.5) is 19.0 Å². The van der Waals surface area contributed by atoms with Crippen LogP contribution in [-0.4, -0.2) is 84.5 Å². The number of Topliss-reactive ketones (excluding diaryl/α,β-unsaturated/α-hetero) is 1. The zero-order valence-corrected chi connectivity index (χ0v) is 23.2. The molecule has 0 saturated carbocycles. The normalized spacial score (nSPS) is 16.2. The van der Waals surface area contributed by atoms with Gasteiger partial charge in [0, 0.05) is 36.5 Å². The number of aromatic nitrogens is 2. The molecule has 2 aromatic rings. The quantitative estimate of drug-likeness (QED) is 0.370. The maximum Gasteiger partial charge on any atom is 0.401 e. The van der Waals surface area contributed by atoms with E-state index in [1.165, 1.54) is 11.8 Å². The maximum atomic E-state index is 13.1. The van der Waals surface area contributed by atoms with Crippen molar-refractivity contribution in [2.45, 2.75) is 39.5 Å². The summed E-state index contributed by atoms with van der Waals surface area (Å²) >= 11 is 6.53. The van der Waals surface area contributed by atoms with Crippen molar-refractivity contribution < 1.29 is 27.8 Å². The number of aliphatic hydroxyl groups excluding tert-OH is 1. The second-order valence-corrected chi connectivity index (χ2v) is 9.96. The van der Waals surface area contributed by atoms with Crippen molar-refractivity contribution in [3.63, 3.8) is 0 Å². The number of nitrogens with zero attached hydrogens (tertiary/aromatic N) is 4. The molecule has 1 aliphatic heterocycles. The van der Waals surface area contributed by atoms with Gasteiger partial charge in [0.25, 0.3) is 0 Å². The van der Waals surface area contributed by atoms with Gasteiger partial charge in [0.15, 0.2) is 11.6 Å². The summed E-state index contributed by atoms with van der Waals surface area (Å²) in [7, 11) is 1.71. The molecule has 0 spiro atoms. The second kappa shape index (κ2) is 12.9. The number of aliphatic hydroxyl groups is 1. The van der Waals surface area contributed by atoms with Crippen molar-refractivity contribution in [2.24, 2.45) is 5.73 Å². The van der Waals surface area contributed by atoms with Crippen LogP contribution in [0.1, 0.15) is 31.5 Å². The molecule has 1 fully saturated rings. The van der Waals surface area contributed by atoms with E-state index in [-0.39, 0.29) is 41.8 Å². The number of hydrogen-bond acceptors (Lipinski definition) is 9. The second-order valence-electron chi connectivity index (χ2n) is 9.55. The lowest BCUT2D eigenvalue weighted by atomic mass is 10.0. The highest BCUT2D eigenvalue weighted by Gasteiger charge is 2.33. The van der Waals surface area contributed by atoms with Crippen LogP contribution in [0, 0.1) is 6.92 Å². The number of alkyl halides is 3. The maximum absolute atomic E-state index is 13.1. The van der Waals surface area contributed by atoms with E-state index in [1.54, 1.807) is 44.0 Å². The van der Waals surface area contributed by atoms with Gasteiger partial charge in [-0.05, 0) is 52.4 Å². The Bertz CT molecular complexity index is 1220. The van der Waals surface area contributed by atoms with E-state index in [0.29, 0.717) is 53.8 Å². The fraction of sp³-hybridized carbons (Fsp3) is 0.500. The Morgan fingerprint density at radius 2 is 2.00 bits per heavy atom. The van der Waals surface area contributed by atoms with E-state index in [1.807, 2.05) is 0 Å². The topological polar surface area (TPSA) is 117 Å². The third kappa shape index (κ3) is 8.04. The van der Waals surface area contributed by atoms with Crippen molar-refractivity contribution in [1.82, 2.24) is 20.2 Å².